The molecule has 0 unspecified atom stereocenters. The van der Waals surface area contributed by atoms with E-state index in [0.29, 0.717) is 11.4 Å². The van der Waals surface area contributed by atoms with Crippen molar-refractivity contribution in [1.82, 2.24) is 9.97 Å². The Morgan fingerprint density at radius 2 is 2.00 bits per heavy atom. The smallest absolute Gasteiger partial charge is 0.257 e. The molecule has 0 aliphatic heterocycles. The van der Waals surface area contributed by atoms with Crippen molar-refractivity contribution in [2.24, 2.45) is 0 Å². The molecular formula is C16H13N3O2. The average Bonchev–Trinajstić information content (AvgIpc) is 2.55. The average molecular weight is 279 g/mol. The Labute approximate surface area is 121 Å². The van der Waals surface area contributed by atoms with E-state index in [-0.39, 0.29) is 5.91 Å². The molecular weight excluding hydrogens is 266 g/mol. The fourth-order valence-electron chi connectivity index (χ4n) is 2.04. The van der Waals surface area contributed by atoms with Gasteiger partial charge in [-0.3, -0.25) is 9.78 Å². The van der Waals surface area contributed by atoms with Crippen LogP contribution in [0, 0.1) is 0 Å². The van der Waals surface area contributed by atoms with Crippen molar-refractivity contribution in [3.05, 3.63) is 60.4 Å². The van der Waals surface area contributed by atoms with Crippen LogP contribution in [0.15, 0.2) is 54.9 Å². The molecule has 104 valence electrons. The molecule has 21 heavy (non-hydrogen) atoms. The molecule has 0 fully saturated rings. The molecule has 3 aromatic rings. The maximum absolute atomic E-state index is 12.2. The van der Waals surface area contributed by atoms with E-state index >= 15 is 0 Å². The lowest BCUT2D eigenvalue weighted by molar-refractivity contribution is 0.102. The summed E-state index contributed by atoms with van der Waals surface area (Å²) >= 11 is 0. The first-order chi connectivity index (χ1) is 10.3. The van der Waals surface area contributed by atoms with Gasteiger partial charge in [-0.05, 0) is 30.3 Å². The Hall–Kier alpha value is -2.95. The van der Waals surface area contributed by atoms with Gasteiger partial charge in [0.05, 0.1) is 23.9 Å². The molecule has 2 aromatic heterocycles. The standard InChI is InChI=1S/C16H13N3O2/c1-21-15-8-7-11(10-18-15)16(20)19-14-6-2-5-13-12(14)4-3-9-17-13/h2-10H,1H3,(H,19,20). The Kier molecular flexibility index (Phi) is 3.47. The number of rotatable bonds is 3. The van der Waals surface area contributed by atoms with Gasteiger partial charge in [0.1, 0.15) is 0 Å². The summed E-state index contributed by atoms with van der Waals surface area (Å²) in [6.07, 6.45) is 3.21. The molecule has 2 heterocycles. The van der Waals surface area contributed by atoms with Crippen molar-refractivity contribution < 1.29 is 9.53 Å². The van der Waals surface area contributed by atoms with E-state index < -0.39 is 0 Å². The van der Waals surface area contributed by atoms with Crippen molar-refractivity contribution in [3.63, 3.8) is 0 Å². The van der Waals surface area contributed by atoms with Gasteiger partial charge in [-0.25, -0.2) is 4.98 Å². The first kappa shape index (κ1) is 13.1. The second-order valence-electron chi connectivity index (χ2n) is 4.42. The highest BCUT2D eigenvalue weighted by Gasteiger charge is 2.09. The Morgan fingerprint density at radius 3 is 2.76 bits per heavy atom. The zero-order valence-electron chi connectivity index (χ0n) is 11.4. The van der Waals surface area contributed by atoms with E-state index in [1.54, 1.807) is 18.3 Å². The van der Waals surface area contributed by atoms with Gasteiger partial charge >= 0.3 is 0 Å². The van der Waals surface area contributed by atoms with E-state index in [9.17, 15) is 4.79 Å². The molecule has 0 spiro atoms. The highest BCUT2D eigenvalue weighted by molar-refractivity contribution is 6.08. The molecule has 0 aliphatic carbocycles. The first-order valence-electron chi connectivity index (χ1n) is 6.43. The third-order valence-electron chi connectivity index (χ3n) is 3.10. The summed E-state index contributed by atoms with van der Waals surface area (Å²) < 4.78 is 4.97. The van der Waals surface area contributed by atoms with Crippen molar-refractivity contribution >= 4 is 22.5 Å². The topological polar surface area (TPSA) is 64.1 Å². The molecule has 1 aromatic carbocycles. The number of aromatic nitrogens is 2. The van der Waals surface area contributed by atoms with E-state index in [1.807, 2.05) is 30.3 Å². The van der Waals surface area contributed by atoms with Crippen molar-refractivity contribution in [2.45, 2.75) is 0 Å². The monoisotopic (exact) mass is 279 g/mol. The minimum absolute atomic E-state index is 0.221. The van der Waals surface area contributed by atoms with Gasteiger partial charge in [0, 0.05) is 23.8 Å². The summed E-state index contributed by atoms with van der Waals surface area (Å²) in [4.78, 5) is 20.5. The number of hydrogen-bond acceptors (Lipinski definition) is 4. The van der Waals surface area contributed by atoms with Crippen LogP contribution in [0.25, 0.3) is 10.9 Å². The van der Waals surface area contributed by atoms with Crippen LogP contribution < -0.4 is 10.1 Å². The summed E-state index contributed by atoms with van der Waals surface area (Å²) in [5.41, 5.74) is 2.03. The van der Waals surface area contributed by atoms with Crippen LogP contribution in [0.1, 0.15) is 10.4 Å². The largest absolute Gasteiger partial charge is 0.481 e. The molecule has 5 nitrogen and oxygen atoms in total. The minimum atomic E-state index is -0.221. The molecule has 5 heteroatoms. The summed E-state index contributed by atoms with van der Waals surface area (Å²) in [7, 11) is 1.53. The molecule has 3 rings (SSSR count). The van der Waals surface area contributed by atoms with Crippen molar-refractivity contribution in [1.29, 1.82) is 0 Å². The number of nitrogens with one attached hydrogen (secondary N) is 1. The van der Waals surface area contributed by atoms with E-state index in [2.05, 4.69) is 15.3 Å². The number of hydrogen-bond donors (Lipinski definition) is 1. The molecule has 0 atom stereocenters. The predicted octanol–water partition coefficient (Wildman–Crippen LogP) is 2.89. The zero-order chi connectivity index (χ0) is 14.7. The number of methoxy groups -OCH3 is 1. The molecule has 0 bridgehead atoms. The van der Waals surface area contributed by atoms with E-state index in [4.69, 9.17) is 4.74 Å². The van der Waals surface area contributed by atoms with Crippen LogP contribution in [0.3, 0.4) is 0 Å². The number of carbonyl (C=O) groups excluding carboxylic acids is 1. The lowest BCUT2D eigenvalue weighted by Crippen LogP contribution is -2.12. The number of fused-ring (bicyclic) bond motifs is 1. The van der Waals surface area contributed by atoms with E-state index in [0.717, 1.165) is 16.6 Å². The fourth-order valence-corrected chi connectivity index (χ4v) is 2.04. The number of nitrogens with zero attached hydrogens (tertiary/aromatic N) is 2. The number of benzene rings is 1. The van der Waals surface area contributed by atoms with Gasteiger partial charge in [0.15, 0.2) is 0 Å². The zero-order valence-corrected chi connectivity index (χ0v) is 11.4. The number of ether oxygens (including phenoxy) is 1. The van der Waals surface area contributed by atoms with Gasteiger partial charge < -0.3 is 10.1 Å². The molecule has 1 N–H and O–H groups in total. The number of carbonyl (C=O) groups is 1. The fraction of sp³-hybridized carbons (Fsp3) is 0.0625. The van der Waals surface area contributed by atoms with Gasteiger partial charge in [-0.2, -0.15) is 0 Å². The number of anilines is 1. The quantitative estimate of drug-likeness (QED) is 0.800. The minimum Gasteiger partial charge on any atom is -0.481 e. The molecule has 0 saturated carbocycles. The van der Waals surface area contributed by atoms with Crippen LogP contribution in [0.4, 0.5) is 5.69 Å². The highest BCUT2D eigenvalue weighted by Crippen LogP contribution is 2.22. The van der Waals surface area contributed by atoms with Crippen molar-refractivity contribution in [3.8, 4) is 5.88 Å². The molecule has 1 amide bonds. The Morgan fingerprint density at radius 1 is 1.10 bits per heavy atom. The molecule has 0 saturated heterocycles. The highest BCUT2D eigenvalue weighted by atomic mass is 16.5. The molecule has 0 radical (unpaired) electrons. The van der Waals surface area contributed by atoms with Crippen LogP contribution in [0.5, 0.6) is 5.88 Å². The van der Waals surface area contributed by atoms with Gasteiger partial charge in [0.25, 0.3) is 5.91 Å². The second-order valence-corrected chi connectivity index (χ2v) is 4.42. The van der Waals surface area contributed by atoms with Gasteiger partial charge in [-0.15, -0.1) is 0 Å². The first-order valence-corrected chi connectivity index (χ1v) is 6.43. The maximum Gasteiger partial charge on any atom is 0.257 e. The van der Waals surface area contributed by atoms with Gasteiger partial charge in [0.2, 0.25) is 5.88 Å². The van der Waals surface area contributed by atoms with Crippen LogP contribution in [-0.2, 0) is 0 Å². The number of amides is 1. The third-order valence-corrected chi connectivity index (χ3v) is 3.10. The summed E-state index contributed by atoms with van der Waals surface area (Å²) in [6, 6.07) is 12.7. The number of pyridine rings is 2. The Balaban J connectivity index is 1.89. The summed E-state index contributed by atoms with van der Waals surface area (Å²) in [5.74, 6) is 0.252. The van der Waals surface area contributed by atoms with Crippen LogP contribution in [0.2, 0.25) is 0 Å². The molecule has 0 aliphatic rings. The third kappa shape index (κ3) is 2.67. The summed E-state index contributed by atoms with van der Waals surface area (Å²) in [6.45, 7) is 0. The van der Waals surface area contributed by atoms with Gasteiger partial charge in [-0.1, -0.05) is 6.07 Å². The van der Waals surface area contributed by atoms with Crippen LogP contribution >= 0.6 is 0 Å². The lowest BCUT2D eigenvalue weighted by Gasteiger charge is -2.08. The lowest BCUT2D eigenvalue weighted by atomic mass is 10.1. The maximum atomic E-state index is 12.2. The van der Waals surface area contributed by atoms with E-state index in [1.165, 1.54) is 13.3 Å². The normalized spacial score (nSPS) is 10.3. The predicted molar refractivity (Wildman–Crippen MR) is 80.5 cm³/mol. The van der Waals surface area contributed by atoms with Crippen LogP contribution in [-0.4, -0.2) is 23.0 Å². The second kappa shape index (κ2) is 5.58. The summed E-state index contributed by atoms with van der Waals surface area (Å²) in [5, 5.41) is 3.78. The SMILES string of the molecule is COc1ccc(C(=O)Nc2cccc3ncccc23)cn1. The van der Waals surface area contributed by atoms with Crippen molar-refractivity contribution in [2.75, 3.05) is 12.4 Å². The Bertz CT molecular complexity index is 780.